The third-order valence-corrected chi connectivity index (χ3v) is 3.97. The van der Waals surface area contributed by atoms with Crippen LogP contribution in [0, 0.1) is 5.82 Å². The molecule has 0 heterocycles. The fourth-order valence-corrected chi connectivity index (χ4v) is 2.54. The molecule has 0 aromatic heterocycles. The Morgan fingerprint density at radius 2 is 1.67 bits per heavy atom. The van der Waals surface area contributed by atoms with E-state index in [0.29, 0.717) is 26.3 Å². The van der Waals surface area contributed by atoms with Crippen LogP contribution >= 0.6 is 0 Å². The minimum absolute atomic E-state index is 0.0863. The van der Waals surface area contributed by atoms with Gasteiger partial charge in [0.1, 0.15) is 5.82 Å². The van der Waals surface area contributed by atoms with Crippen LogP contribution in [0.25, 0.3) is 0 Å². The summed E-state index contributed by atoms with van der Waals surface area (Å²) in [6, 6.07) is 6.25. The number of rotatable bonds is 8. The van der Waals surface area contributed by atoms with E-state index in [1.807, 2.05) is 0 Å². The van der Waals surface area contributed by atoms with Crippen molar-refractivity contribution in [1.29, 1.82) is 0 Å². The summed E-state index contributed by atoms with van der Waals surface area (Å²) in [6.07, 6.45) is 1.63. The normalized spacial score (nSPS) is 15.8. The molecule has 1 aromatic carbocycles. The molecule has 1 amide bonds. The van der Waals surface area contributed by atoms with Gasteiger partial charge in [-0.1, -0.05) is 12.1 Å². The second-order valence-electron chi connectivity index (χ2n) is 5.37. The third kappa shape index (κ3) is 3.60. The molecule has 1 aromatic rings. The molecule has 5 heteroatoms. The van der Waals surface area contributed by atoms with Gasteiger partial charge in [0.25, 0.3) is 0 Å². The molecule has 1 aliphatic rings. The van der Waals surface area contributed by atoms with Gasteiger partial charge in [-0.25, -0.2) is 4.39 Å². The Labute approximate surface area is 124 Å². The molecule has 1 saturated carbocycles. The number of carbonyl (C=O) groups excluding carboxylic acids is 1. The second-order valence-corrected chi connectivity index (χ2v) is 5.37. The number of nitrogens with zero attached hydrogens (tertiary/aromatic N) is 1. The molecule has 0 bridgehead atoms. The molecule has 116 valence electrons. The standard InChI is InChI=1S/C16H22FNO3/c1-20-11-9-18(10-12-21-2)15(19)16(7-8-16)13-3-5-14(17)6-4-13/h3-6H,7-12H2,1-2H3. The van der Waals surface area contributed by atoms with Crippen LogP contribution in [0.1, 0.15) is 18.4 Å². The average Bonchev–Trinajstić information content (AvgIpc) is 3.29. The molecule has 0 spiro atoms. The summed E-state index contributed by atoms with van der Waals surface area (Å²) in [6.45, 7) is 2.08. The van der Waals surface area contributed by atoms with Crippen LogP contribution in [0.5, 0.6) is 0 Å². The minimum atomic E-state index is -0.477. The summed E-state index contributed by atoms with van der Waals surface area (Å²) in [4.78, 5) is 14.6. The number of amides is 1. The highest BCUT2D eigenvalue weighted by Crippen LogP contribution is 2.49. The van der Waals surface area contributed by atoms with Gasteiger partial charge in [-0.15, -0.1) is 0 Å². The summed E-state index contributed by atoms with van der Waals surface area (Å²) < 4.78 is 23.2. The Morgan fingerprint density at radius 1 is 1.14 bits per heavy atom. The first-order valence-electron chi connectivity index (χ1n) is 7.17. The van der Waals surface area contributed by atoms with Crippen LogP contribution in [-0.2, 0) is 19.7 Å². The van der Waals surface area contributed by atoms with Gasteiger partial charge in [0.2, 0.25) is 5.91 Å². The SMILES string of the molecule is COCCN(CCOC)C(=O)C1(c2ccc(F)cc2)CC1. The van der Waals surface area contributed by atoms with Crippen molar-refractivity contribution in [2.75, 3.05) is 40.5 Å². The molecular formula is C16H22FNO3. The van der Waals surface area contributed by atoms with Crippen LogP contribution in [-0.4, -0.2) is 51.3 Å². The smallest absolute Gasteiger partial charge is 0.233 e. The number of ether oxygens (including phenoxy) is 2. The van der Waals surface area contributed by atoms with Gasteiger partial charge in [-0.3, -0.25) is 4.79 Å². The average molecular weight is 295 g/mol. The van der Waals surface area contributed by atoms with Gasteiger partial charge in [-0.2, -0.15) is 0 Å². The highest BCUT2D eigenvalue weighted by atomic mass is 19.1. The molecule has 21 heavy (non-hydrogen) atoms. The number of hydrogen-bond donors (Lipinski definition) is 0. The van der Waals surface area contributed by atoms with Gasteiger partial charge in [0, 0.05) is 27.3 Å². The predicted octanol–water partition coefficient (Wildman–Crippen LogP) is 1.98. The quantitative estimate of drug-likeness (QED) is 0.736. The van der Waals surface area contributed by atoms with E-state index in [4.69, 9.17) is 9.47 Å². The molecule has 4 nitrogen and oxygen atoms in total. The van der Waals surface area contributed by atoms with Gasteiger partial charge in [0.15, 0.2) is 0 Å². The monoisotopic (exact) mass is 295 g/mol. The van der Waals surface area contributed by atoms with E-state index in [2.05, 4.69) is 0 Å². The summed E-state index contributed by atoms with van der Waals surface area (Å²) in [7, 11) is 3.23. The summed E-state index contributed by atoms with van der Waals surface area (Å²) in [5, 5.41) is 0. The second kappa shape index (κ2) is 7.00. The van der Waals surface area contributed by atoms with Crippen LogP contribution in [0.15, 0.2) is 24.3 Å². The maximum atomic E-state index is 13.1. The molecule has 0 N–H and O–H groups in total. The molecular weight excluding hydrogens is 273 g/mol. The van der Waals surface area contributed by atoms with Crippen molar-refractivity contribution < 1.29 is 18.7 Å². The zero-order valence-corrected chi connectivity index (χ0v) is 12.6. The fraction of sp³-hybridized carbons (Fsp3) is 0.562. The van der Waals surface area contributed by atoms with Gasteiger partial charge < -0.3 is 14.4 Å². The highest BCUT2D eigenvalue weighted by molar-refractivity contribution is 5.91. The van der Waals surface area contributed by atoms with Crippen molar-refractivity contribution in [3.05, 3.63) is 35.6 Å². The number of halogens is 1. The van der Waals surface area contributed by atoms with E-state index < -0.39 is 5.41 Å². The van der Waals surface area contributed by atoms with E-state index in [1.54, 1.807) is 31.3 Å². The lowest BCUT2D eigenvalue weighted by molar-refractivity contribution is -0.135. The first-order chi connectivity index (χ1) is 10.1. The molecule has 2 rings (SSSR count). The molecule has 0 saturated heterocycles. The molecule has 0 unspecified atom stereocenters. The van der Waals surface area contributed by atoms with Crippen LogP contribution < -0.4 is 0 Å². The Hall–Kier alpha value is -1.46. The van der Waals surface area contributed by atoms with Crippen LogP contribution in [0.3, 0.4) is 0 Å². The molecule has 1 aliphatic carbocycles. The van der Waals surface area contributed by atoms with Crippen molar-refractivity contribution in [3.8, 4) is 0 Å². The van der Waals surface area contributed by atoms with Crippen molar-refractivity contribution in [1.82, 2.24) is 4.90 Å². The summed E-state index contributed by atoms with van der Waals surface area (Å²) in [5.74, 6) is -0.194. The van der Waals surface area contributed by atoms with Gasteiger partial charge >= 0.3 is 0 Å². The Balaban J connectivity index is 2.12. The summed E-state index contributed by atoms with van der Waals surface area (Å²) in [5.41, 5.74) is 0.420. The number of methoxy groups -OCH3 is 2. The van der Waals surface area contributed by atoms with Crippen molar-refractivity contribution in [2.45, 2.75) is 18.3 Å². The largest absolute Gasteiger partial charge is 0.383 e. The van der Waals surface area contributed by atoms with Crippen LogP contribution in [0.4, 0.5) is 4.39 Å². The van der Waals surface area contributed by atoms with Crippen molar-refractivity contribution in [3.63, 3.8) is 0 Å². The molecule has 1 fully saturated rings. The van der Waals surface area contributed by atoms with E-state index >= 15 is 0 Å². The minimum Gasteiger partial charge on any atom is -0.383 e. The van der Waals surface area contributed by atoms with Crippen molar-refractivity contribution in [2.24, 2.45) is 0 Å². The maximum Gasteiger partial charge on any atom is 0.233 e. The third-order valence-electron chi connectivity index (χ3n) is 3.97. The molecule has 0 atom stereocenters. The van der Waals surface area contributed by atoms with Gasteiger partial charge in [0.05, 0.1) is 18.6 Å². The lowest BCUT2D eigenvalue weighted by atomic mass is 9.94. The predicted molar refractivity (Wildman–Crippen MR) is 77.6 cm³/mol. The van der Waals surface area contributed by atoms with Gasteiger partial charge in [-0.05, 0) is 30.5 Å². The zero-order chi connectivity index (χ0) is 15.3. The van der Waals surface area contributed by atoms with E-state index in [-0.39, 0.29) is 11.7 Å². The van der Waals surface area contributed by atoms with Crippen LogP contribution in [0.2, 0.25) is 0 Å². The maximum absolute atomic E-state index is 13.1. The topological polar surface area (TPSA) is 38.8 Å². The first-order valence-corrected chi connectivity index (χ1v) is 7.17. The first kappa shape index (κ1) is 15.9. The summed E-state index contributed by atoms with van der Waals surface area (Å²) >= 11 is 0. The molecule has 0 aliphatic heterocycles. The Bertz CT molecular complexity index is 463. The Morgan fingerprint density at radius 3 is 2.10 bits per heavy atom. The lowest BCUT2D eigenvalue weighted by Gasteiger charge is -2.27. The number of hydrogen-bond acceptors (Lipinski definition) is 3. The highest BCUT2D eigenvalue weighted by Gasteiger charge is 2.52. The van der Waals surface area contributed by atoms with E-state index in [1.165, 1.54) is 12.1 Å². The molecule has 0 radical (unpaired) electrons. The van der Waals surface area contributed by atoms with E-state index in [0.717, 1.165) is 18.4 Å². The van der Waals surface area contributed by atoms with E-state index in [9.17, 15) is 9.18 Å². The Kier molecular flexibility index (Phi) is 5.31. The lowest BCUT2D eigenvalue weighted by Crippen LogP contribution is -2.42. The zero-order valence-electron chi connectivity index (χ0n) is 12.6. The number of benzene rings is 1. The number of carbonyl (C=O) groups is 1. The fourth-order valence-electron chi connectivity index (χ4n) is 2.54. The van der Waals surface area contributed by atoms with Crippen molar-refractivity contribution >= 4 is 5.91 Å².